The normalized spacial score (nSPS) is 11.1. The van der Waals surface area contributed by atoms with Gasteiger partial charge in [-0.1, -0.05) is 46.4 Å². The predicted molar refractivity (Wildman–Crippen MR) is 59.2 cm³/mol. The summed E-state index contributed by atoms with van der Waals surface area (Å²) in [5.74, 6) is 0. The molecule has 1 aromatic carbocycles. The van der Waals surface area contributed by atoms with Gasteiger partial charge in [0.2, 0.25) is 0 Å². The van der Waals surface area contributed by atoms with E-state index in [1.165, 1.54) is 6.92 Å². The van der Waals surface area contributed by atoms with Crippen LogP contribution >= 0.6 is 46.4 Å². The van der Waals surface area contributed by atoms with Crippen molar-refractivity contribution in [1.29, 1.82) is 0 Å². The summed E-state index contributed by atoms with van der Waals surface area (Å²) in [6.07, 6.45) is 0. The Balaban J connectivity index is 0.00000225. The van der Waals surface area contributed by atoms with Crippen molar-refractivity contribution in [3.05, 3.63) is 25.7 Å². The van der Waals surface area contributed by atoms with E-state index in [0.29, 0.717) is 5.56 Å². The summed E-state index contributed by atoms with van der Waals surface area (Å²) in [5, 5.41) is -1.00. The molecule has 0 aliphatic heterocycles. The van der Waals surface area contributed by atoms with Gasteiger partial charge in [0.15, 0.2) is 0 Å². The Morgan fingerprint density at radius 2 is 1.25 bits per heavy atom. The van der Waals surface area contributed by atoms with Crippen LogP contribution in [-0.2, 0) is 10.1 Å². The van der Waals surface area contributed by atoms with E-state index in [1.54, 1.807) is 0 Å². The van der Waals surface area contributed by atoms with Crippen LogP contribution in [0, 0.1) is 6.92 Å². The molecular weight excluding hydrogens is 329 g/mol. The summed E-state index contributed by atoms with van der Waals surface area (Å²) in [4.78, 5) is -0.786. The Labute approximate surface area is 135 Å². The molecule has 0 spiro atoms. The van der Waals surface area contributed by atoms with E-state index in [-0.39, 0.29) is 39.6 Å². The van der Waals surface area contributed by atoms with Gasteiger partial charge in [0.05, 0.1) is 25.0 Å². The van der Waals surface area contributed by atoms with E-state index < -0.39 is 25.1 Å². The Bertz CT molecular complexity index is 500. The van der Waals surface area contributed by atoms with Crippen molar-refractivity contribution in [3.8, 4) is 0 Å². The third-order valence-corrected chi connectivity index (χ3v) is 4.72. The van der Waals surface area contributed by atoms with E-state index in [2.05, 4.69) is 0 Å². The molecule has 0 amide bonds. The SMILES string of the molecule is Cc1c(Cl)c(Cl)c(S(=O)(=O)[O-])c(Cl)c1Cl.[Na+]. The molecule has 0 N–H and O–H groups in total. The second-order valence-electron chi connectivity index (χ2n) is 2.66. The Morgan fingerprint density at radius 1 is 0.938 bits per heavy atom. The van der Waals surface area contributed by atoms with E-state index in [9.17, 15) is 13.0 Å². The zero-order valence-electron chi connectivity index (χ0n) is 8.14. The van der Waals surface area contributed by atoms with Crippen LogP contribution in [-0.4, -0.2) is 13.0 Å². The van der Waals surface area contributed by atoms with Crippen LogP contribution in [0.3, 0.4) is 0 Å². The zero-order chi connectivity index (χ0) is 12.0. The van der Waals surface area contributed by atoms with Crippen LogP contribution in [0.5, 0.6) is 0 Å². The van der Waals surface area contributed by atoms with E-state index in [0.717, 1.165) is 0 Å². The van der Waals surface area contributed by atoms with Crippen LogP contribution in [0.1, 0.15) is 5.56 Å². The summed E-state index contributed by atoms with van der Waals surface area (Å²) in [5.41, 5.74) is 0.320. The molecule has 0 saturated carbocycles. The van der Waals surface area contributed by atoms with Crippen molar-refractivity contribution in [1.82, 2.24) is 0 Å². The summed E-state index contributed by atoms with van der Waals surface area (Å²) < 4.78 is 32.5. The molecule has 0 heterocycles. The molecule has 0 fully saturated rings. The van der Waals surface area contributed by atoms with Gasteiger partial charge in [0.1, 0.15) is 10.1 Å². The van der Waals surface area contributed by atoms with Crippen LogP contribution in [0.2, 0.25) is 20.1 Å². The summed E-state index contributed by atoms with van der Waals surface area (Å²) in [7, 11) is -4.81. The number of rotatable bonds is 1. The van der Waals surface area contributed by atoms with Crippen molar-refractivity contribution in [3.63, 3.8) is 0 Å². The minimum Gasteiger partial charge on any atom is -0.744 e. The van der Waals surface area contributed by atoms with Gasteiger partial charge in [0, 0.05) is 0 Å². The first kappa shape index (κ1) is 17.3. The van der Waals surface area contributed by atoms with Crippen molar-refractivity contribution in [2.45, 2.75) is 11.8 Å². The number of hydrogen-bond donors (Lipinski definition) is 0. The zero-order valence-corrected chi connectivity index (χ0v) is 14.0. The average Bonchev–Trinajstić information content (AvgIpc) is 2.09. The molecule has 0 saturated heterocycles. The maximum atomic E-state index is 10.8. The van der Waals surface area contributed by atoms with Gasteiger partial charge in [-0.2, -0.15) is 0 Å². The van der Waals surface area contributed by atoms with Crippen molar-refractivity contribution in [2.24, 2.45) is 0 Å². The van der Waals surface area contributed by atoms with Crippen LogP contribution in [0.25, 0.3) is 0 Å². The molecule has 0 aliphatic rings. The molecule has 0 radical (unpaired) electrons. The fraction of sp³-hybridized carbons (Fsp3) is 0.143. The largest absolute Gasteiger partial charge is 1.00 e. The van der Waals surface area contributed by atoms with Crippen molar-refractivity contribution >= 4 is 56.5 Å². The van der Waals surface area contributed by atoms with Crippen molar-refractivity contribution < 1.29 is 42.5 Å². The topological polar surface area (TPSA) is 57.2 Å². The van der Waals surface area contributed by atoms with E-state index in [4.69, 9.17) is 46.4 Å². The van der Waals surface area contributed by atoms with Gasteiger partial charge in [-0.3, -0.25) is 0 Å². The standard InChI is InChI=1S/C7H4Cl4O3S.Na/c1-2-3(8)5(10)7(15(12,13)14)6(11)4(2)9;/h1H3,(H,12,13,14);/q;+1/p-1. The number of hydrogen-bond acceptors (Lipinski definition) is 3. The van der Waals surface area contributed by atoms with Gasteiger partial charge < -0.3 is 4.55 Å². The predicted octanol–water partition coefficient (Wildman–Crippen LogP) is 0.517. The quantitative estimate of drug-likeness (QED) is 0.428. The van der Waals surface area contributed by atoms with Crippen LogP contribution < -0.4 is 29.6 Å². The van der Waals surface area contributed by atoms with Gasteiger partial charge in [-0.25, -0.2) is 8.42 Å². The fourth-order valence-electron chi connectivity index (χ4n) is 0.941. The third-order valence-electron chi connectivity index (χ3n) is 1.69. The maximum Gasteiger partial charge on any atom is 1.00 e. The van der Waals surface area contributed by atoms with Crippen LogP contribution in [0.15, 0.2) is 4.90 Å². The first-order valence-corrected chi connectivity index (χ1v) is 6.38. The molecule has 1 rings (SSSR count). The van der Waals surface area contributed by atoms with Crippen LogP contribution in [0.4, 0.5) is 0 Å². The van der Waals surface area contributed by atoms with Gasteiger partial charge in [-0.05, 0) is 12.5 Å². The molecule has 3 nitrogen and oxygen atoms in total. The molecule has 0 unspecified atom stereocenters. The molecule has 9 heteroatoms. The average molecular weight is 332 g/mol. The molecular formula is C7H3Cl4NaO3S. The smallest absolute Gasteiger partial charge is 0.744 e. The molecule has 0 aromatic heterocycles. The Hall–Kier alpha value is 1.29. The molecule has 0 bridgehead atoms. The first-order chi connectivity index (χ1) is 6.68. The fourth-order valence-corrected chi connectivity index (χ4v) is 3.21. The van der Waals surface area contributed by atoms with E-state index >= 15 is 0 Å². The summed E-state index contributed by atoms with van der Waals surface area (Å²) in [6, 6.07) is 0. The van der Waals surface area contributed by atoms with Gasteiger partial charge in [-0.15, -0.1) is 0 Å². The number of benzene rings is 1. The second-order valence-corrected chi connectivity index (χ2v) is 5.49. The molecule has 0 atom stereocenters. The molecule has 1 aromatic rings. The minimum absolute atomic E-state index is 0. The first-order valence-electron chi connectivity index (χ1n) is 3.46. The van der Waals surface area contributed by atoms with Gasteiger partial charge in [0.25, 0.3) is 0 Å². The van der Waals surface area contributed by atoms with Gasteiger partial charge >= 0.3 is 29.6 Å². The Kier molecular flexibility index (Phi) is 6.43. The molecule has 84 valence electrons. The molecule has 16 heavy (non-hydrogen) atoms. The summed E-state index contributed by atoms with van der Waals surface area (Å²) in [6.45, 7) is 1.50. The second kappa shape index (κ2) is 5.95. The third kappa shape index (κ3) is 3.19. The minimum atomic E-state index is -4.81. The Morgan fingerprint density at radius 3 is 1.50 bits per heavy atom. The maximum absolute atomic E-state index is 10.8. The van der Waals surface area contributed by atoms with Crippen molar-refractivity contribution in [2.75, 3.05) is 0 Å². The monoisotopic (exact) mass is 330 g/mol. The molecule has 0 aliphatic carbocycles. The summed E-state index contributed by atoms with van der Waals surface area (Å²) >= 11 is 22.6. The van der Waals surface area contributed by atoms with E-state index in [1.807, 2.05) is 0 Å². The number of halogens is 4.